The molecule has 0 bridgehead atoms. The molecule has 0 heterocycles. The van der Waals surface area contributed by atoms with Crippen molar-refractivity contribution in [3.05, 3.63) is 23.8 Å². The van der Waals surface area contributed by atoms with Gasteiger partial charge in [0.1, 0.15) is 11.5 Å². The highest BCUT2D eigenvalue weighted by molar-refractivity contribution is 5.42. The highest BCUT2D eigenvalue weighted by Crippen LogP contribution is 2.34. The van der Waals surface area contributed by atoms with Gasteiger partial charge in [-0.05, 0) is 49.5 Å². The van der Waals surface area contributed by atoms with E-state index >= 15 is 0 Å². The number of nitrogens with one attached hydrogen (secondary N) is 1. The number of methoxy groups -OCH3 is 2. The molecule has 3 nitrogen and oxygen atoms in total. The van der Waals surface area contributed by atoms with Crippen molar-refractivity contribution in [1.82, 2.24) is 5.32 Å². The smallest absolute Gasteiger partial charge is 0.122 e. The van der Waals surface area contributed by atoms with Crippen LogP contribution in [0, 0.1) is 5.92 Å². The lowest BCUT2D eigenvalue weighted by molar-refractivity contribution is 0.382. The highest BCUT2D eigenvalue weighted by Gasteiger charge is 2.18. The molecule has 108 valence electrons. The second-order valence-corrected chi connectivity index (χ2v) is 5.08. The van der Waals surface area contributed by atoms with Crippen LogP contribution in [0.15, 0.2) is 18.2 Å². The Morgan fingerprint density at radius 2 is 1.89 bits per heavy atom. The molecule has 2 unspecified atom stereocenters. The molecule has 1 aromatic rings. The van der Waals surface area contributed by atoms with E-state index in [-0.39, 0.29) is 0 Å². The topological polar surface area (TPSA) is 30.5 Å². The summed E-state index contributed by atoms with van der Waals surface area (Å²) in [6.07, 6.45) is 1.17. The monoisotopic (exact) mass is 265 g/mol. The van der Waals surface area contributed by atoms with Crippen LogP contribution in [-0.4, -0.2) is 27.3 Å². The minimum atomic E-state index is 0.425. The summed E-state index contributed by atoms with van der Waals surface area (Å²) in [7, 11) is 3.42. The van der Waals surface area contributed by atoms with Gasteiger partial charge in [-0.3, -0.25) is 0 Å². The Labute approximate surface area is 117 Å². The Bertz CT molecular complexity index is 379. The second kappa shape index (κ2) is 8.05. The van der Waals surface area contributed by atoms with Crippen LogP contribution in [0.2, 0.25) is 0 Å². The fraction of sp³-hybridized carbons (Fsp3) is 0.625. The number of hydrogen-bond acceptors (Lipinski definition) is 3. The summed E-state index contributed by atoms with van der Waals surface area (Å²) in [5, 5.41) is 3.48. The molecule has 3 heteroatoms. The molecule has 0 amide bonds. The average molecular weight is 265 g/mol. The van der Waals surface area contributed by atoms with Gasteiger partial charge in [-0.25, -0.2) is 0 Å². The molecule has 0 aromatic heterocycles. The first kappa shape index (κ1) is 15.8. The summed E-state index contributed by atoms with van der Waals surface area (Å²) in [6.45, 7) is 8.80. The van der Waals surface area contributed by atoms with Gasteiger partial charge in [-0.1, -0.05) is 20.8 Å². The van der Waals surface area contributed by atoms with E-state index in [1.54, 1.807) is 14.2 Å². The summed E-state index contributed by atoms with van der Waals surface area (Å²) >= 11 is 0. The third kappa shape index (κ3) is 4.43. The first-order chi connectivity index (χ1) is 9.13. The van der Waals surface area contributed by atoms with Crippen molar-refractivity contribution >= 4 is 0 Å². The Kier molecular flexibility index (Phi) is 6.71. The van der Waals surface area contributed by atoms with Crippen LogP contribution in [0.4, 0.5) is 0 Å². The van der Waals surface area contributed by atoms with Gasteiger partial charge in [0, 0.05) is 5.56 Å². The summed E-state index contributed by atoms with van der Waals surface area (Å²) < 4.78 is 10.8. The zero-order valence-electron chi connectivity index (χ0n) is 12.8. The molecule has 1 N–H and O–H groups in total. The largest absolute Gasteiger partial charge is 0.497 e. The van der Waals surface area contributed by atoms with E-state index in [0.717, 1.165) is 24.6 Å². The normalized spacial score (nSPS) is 13.9. The lowest BCUT2D eigenvalue weighted by Crippen LogP contribution is -2.25. The van der Waals surface area contributed by atoms with Crippen LogP contribution < -0.4 is 14.8 Å². The van der Waals surface area contributed by atoms with E-state index < -0.39 is 0 Å². The van der Waals surface area contributed by atoms with Crippen molar-refractivity contribution in [2.75, 3.05) is 27.3 Å². The number of rotatable bonds is 8. The molecule has 0 saturated carbocycles. The minimum absolute atomic E-state index is 0.425. The molecule has 0 aliphatic rings. The van der Waals surface area contributed by atoms with E-state index in [1.807, 2.05) is 12.1 Å². The van der Waals surface area contributed by atoms with E-state index in [4.69, 9.17) is 9.47 Å². The van der Waals surface area contributed by atoms with Crippen LogP contribution in [0.1, 0.15) is 38.7 Å². The van der Waals surface area contributed by atoms with Crippen LogP contribution in [0.3, 0.4) is 0 Å². The molecule has 0 fully saturated rings. The molecule has 2 atom stereocenters. The van der Waals surface area contributed by atoms with E-state index in [2.05, 4.69) is 32.2 Å². The number of hydrogen-bond donors (Lipinski definition) is 1. The molecule has 0 spiro atoms. The van der Waals surface area contributed by atoms with Crippen LogP contribution in [-0.2, 0) is 0 Å². The SMILES string of the molecule is CCCNCC(C)C(C)c1cc(OC)ccc1OC. The molecule has 1 aromatic carbocycles. The Balaban J connectivity index is 2.81. The van der Waals surface area contributed by atoms with Crippen molar-refractivity contribution < 1.29 is 9.47 Å². The van der Waals surface area contributed by atoms with Gasteiger partial charge in [0.25, 0.3) is 0 Å². The third-order valence-electron chi connectivity index (χ3n) is 3.67. The zero-order chi connectivity index (χ0) is 14.3. The van der Waals surface area contributed by atoms with Crippen molar-refractivity contribution in [3.8, 4) is 11.5 Å². The summed E-state index contributed by atoms with van der Waals surface area (Å²) in [5.41, 5.74) is 1.22. The fourth-order valence-corrected chi connectivity index (χ4v) is 2.19. The summed E-state index contributed by atoms with van der Waals surface area (Å²) in [6, 6.07) is 6.01. The van der Waals surface area contributed by atoms with Crippen molar-refractivity contribution in [3.63, 3.8) is 0 Å². The molecule has 1 rings (SSSR count). The predicted molar refractivity (Wildman–Crippen MR) is 80.3 cm³/mol. The van der Waals surface area contributed by atoms with E-state index in [9.17, 15) is 0 Å². The quantitative estimate of drug-likeness (QED) is 0.730. The maximum Gasteiger partial charge on any atom is 0.122 e. The van der Waals surface area contributed by atoms with Gasteiger partial charge in [0.15, 0.2) is 0 Å². The van der Waals surface area contributed by atoms with Crippen molar-refractivity contribution in [2.24, 2.45) is 5.92 Å². The first-order valence-electron chi connectivity index (χ1n) is 7.06. The lowest BCUT2D eigenvalue weighted by Gasteiger charge is -2.23. The van der Waals surface area contributed by atoms with E-state index in [0.29, 0.717) is 11.8 Å². The Hall–Kier alpha value is -1.22. The van der Waals surface area contributed by atoms with Gasteiger partial charge >= 0.3 is 0 Å². The molecule has 0 aliphatic carbocycles. The first-order valence-corrected chi connectivity index (χ1v) is 7.06. The van der Waals surface area contributed by atoms with Crippen LogP contribution in [0.25, 0.3) is 0 Å². The molecule has 0 radical (unpaired) electrons. The molecule has 0 aliphatic heterocycles. The number of benzene rings is 1. The van der Waals surface area contributed by atoms with Crippen LogP contribution in [0.5, 0.6) is 11.5 Å². The second-order valence-electron chi connectivity index (χ2n) is 5.08. The molecule has 19 heavy (non-hydrogen) atoms. The standard InChI is InChI=1S/C16H27NO2/c1-6-9-17-11-12(2)13(3)15-10-14(18-4)7-8-16(15)19-5/h7-8,10,12-13,17H,6,9,11H2,1-5H3. The number of ether oxygens (including phenoxy) is 2. The van der Waals surface area contributed by atoms with Crippen molar-refractivity contribution in [2.45, 2.75) is 33.1 Å². The Morgan fingerprint density at radius 3 is 2.47 bits per heavy atom. The maximum atomic E-state index is 5.47. The molecular formula is C16H27NO2. The van der Waals surface area contributed by atoms with Gasteiger partial charge in [0.2, 0.25) is 0 Å². The third-order valence-corrected chi connectivity index (χ3v) is 3.67. The maximum absolute atomic E-state index is 5.47. The predicted octanol–water partition coefficient (Wildman–Crippen LogP) is 3.44. The zero-order valence-corrected chi connectivity index (χ0v) is 12.8. The fourth-order valence-electron chi connectivity index (χ4n) is 2.19. The average Bonchev–Trinajstić information content (AvgIpc) is 2.45. The lowest BCUT2D eigenvalue weighted by atomic mass is 9.88. The van der Waals surface area contributed by atoms with Crippen LogP contribution >= 0.6 is 0 Å². The van der Waals surface area contributed by atoms with Gasteiger partial charge in [-0.2, -0.15) is 0 Å². The Morgan fingerprint density at radius 1 is 1.16 bits per heavy atom. The van der Waals surface area contributed by atoms with Gasteiger partial charge in [0.05, 0.1) is 14.2 Å². The van der Waals surface area contributed by atoms with Crippen molar-refractivity contribution in [1.29, 1.82) is 0 Å². The molecule has 0 saturated heterocycles. The van der Waals surface area contributed by atoms with Gasteiger partial charge in [-0.15, -0.1) is 0 Å². The summed E-state index contributed by atoms with van der Waals surface area (Å²) in [4.78, 5) is 0. The van der Waals surface area contributed by atoms with E-state index in [1.165, 1.54) is 12.0 Å². The molecular weight excluding hydrogens is 238 g/mol. The van der Waals surface area contributed by atoms with Gasteiger partial charge < -0.3 is 14.8 Å². The highest BCUT2D eigenvalue weighted by atomic mass is 16.5. The summed E-state index contributed by atoms with van der Waals surface area (Å²) in [5.74, 6) is 2.80. The minimum Gasteiger partial charge on any atom is -0.497 e.